The van der Waals surface area contributed by atoms with Crippen LogP contribution in [0.3, 0.4) is 0 Å². The van der Waals surface area contributed by atoms with E-state index in [-0.39, 0.29) is 12.3 Å². The van der Waals surface area contributed by atoms with Gasteiger partial charge in [0.25, 0.3) is 0 Å². The van der Waals surface area contributed by atoms with E-state index in [0.29, 0.717) is 0 Å². The molecule has 92 valence electrons. The summed E-state index contributed by atoms with van der Waals surface area (Å²) in [6, 6.07) is 0.251. The van der Waals surface area contributed by atoms with Crippen molar-refractivity contribution in [3.8, 4) is 0 Å². The van der Waals surface area contributed by atoms with Gasteiger partial charge in [0.1, 0.15) is 0 Å². The number of hydrogen-bond donors (Lipinski definition) is 1. The molecule has 0 fully saturated rings. The van der Waals surface area contributed by atoms with Crippen molar-refractivity contribution in [1.29, 1.82) is 0 Å². The van der Waals surface area contributed by atoms with Crippen molar-refractivity contribution in [2.24, 2.45) is 0 Å². The lowest BCUT2D eigenvalue weighted by molar-refractivity contribution is -0.119. The van der Waals surface area contributed by atoms with Gasteiger partial charge in [-0.2, -0.15) is 11.8 Å². The monoisotopic (exact) mass is 235 g/mol. The Labute approximate surface area is 98.3 Å². The van der Waals surface area contributed by atoms with Gasteiger partial charge in [-0.3, -0.25) is 0 Å². The molecule has 0 rings (SSSR count). The maximum Gasteiger partial charge on any atom is 0.171 e. The number of ether oxygens (including phenoxy) is 2. The molecule has 0 radical (unpaired) electrons. The molecule has 0 bridgehead atoms. The maximum atomic E-state index is 5.17. The van der Waals surface area contributed by atoms with Crippen molar-refractivity contribution in [2.75, 3.05) is 32.8 Å². The zero-order valence-corrected chi connectivity index (χ0v) is 11.2. The van der Waals surface area contributed by atoms with Crippen molar-refractivity contribution in [3.63, 3.8) is 0 Å². The molecule has 0 saturated carbocycles. The van der Waals surface area contributed by atoms with Crippen LogP contribution in [0.15, 0.2) is 0 Å². The van der Waals surface area contributed by atoms with E-state index in [1.165, 1.54) is 25.0 Å². The topological polar surface area (TPSA) is 30.5 Å². The van der Waals surface area contributed by atoms with Crippen LogP contribution in [0.4, 0.5) is 0 Å². The van der Waals surface area contributed by atoms with Crippen LogP contribution < -0.4 is 5.32 Å². The van der Waals surface area contributed by atoms with Gasteiger partial charge in [-0.05, 0) is 38.3 Å². The summed E-state index contributed by atoms with van der Waals surface area (Å²) in [5.41, 5.74) is 0. The Kier molecular flexibility index (Phi) is 10.9. The molecule has 0 aliphatic heterocycles. The summed E-state index contributed by atoms with van der Waals surface area (Å²) in [6.07, 6.45) is 5.85. The van der Waals surface area contributed by atoms with Crippen LogP contribution in [-0.4, -0.2) is 45.1 Å². The second-order valence-electron chi connectivity index (χ2n) is 3.64. The standard InChI is InChI=1S/C11H25NO2S/c1-10(11(13-2)14-3)12-8-6-5-7-9-15-4/h10-12H,5-9H2,1-4H3. The Balaban J connectivity index is 3.33. The highest BCUT2D eigenvalue weighted by atomic mass is 32.2. The fourth-order valence-corrected chi connectivity index (χ4v) is 1.97. The molecule has 0 aromatic rings. The molecule has 0 aliphatic rings. The van der Waals surface area contributed by atoms with Gasteiger partial charge in [0.2, 0.25) is 0 Å². The zero-order valence-electron chi connectivity index (χ0n) is 10.4. The second kappa shape index (κ2) is 10.7. The van der Waals surface area contributed by atoms with E-state index in [9.17, 15) is 0 Å². The molecule has 1 unspecified atom stereocenters. The zero-order chi connectivity index (χ0) is 11.5. The predicted octanol–water partition coefficient (Wildman–Crippen LogP) is 2.12. The molecule has 0 amide bonds. The van der Waals surface area contributed by atoms with E-state index >= 15 is 0 Å². The quantitative estimate of drug-likeness (QED) is 0.464. The first-order valence-corrected chi connectivity index (χ1v) is 6.93. The third-order valence-corrected chi connectivity index (χ3v) is 3.06. The minimum absolute atomic E-state index is 0.142. The summed E-state index contributed by atoms with van der Waals surface area (Å²) in [6.45, 7) is 3.12. The van der Waals surface area contributed by atoms with Crippen molar-refractivity contribution >= 4 is 11.8 Å². The Morgan fingerprint density at radius 3 is 2.33 bits per heavy atom. The van der Waals surface area contributed by atoms with E-state index in [2.05, 4.69) is 18.5 Å². The van der Waals surface area contributed by atoms with Crippen LogP contribution in [0, 0.1) is 0 Å². The van der Waals surface area contributed by atoms with E-state index in [1.807, 2.05) is 11.8 Å². The first-order chi connectivity index (χ1) is 7.26. The molecule has 1 N–H and O–H groups in total. The summed E-state index contributed by atoms with van der Waals surface area (Å²) in [5.74, 6) is 1.27. The Bertz CT molecular complexity index is 132. The summed E-state index contributed by atoms with van der Waals surface area (Å²) in [7, 11) is 3.34. The molecule has 1 atom stereocenters. The number of methoxy groups -OCH3 is 2. The molecule has 4 heteroatoms. The van der Waals surface area contributed by atoms with Crippen molar-refractivity contribution < 1.29 is 9.47 Å². The molecule has 0 heterocycles. The number of unbranched alkanes of at least 4 members (excludes halogenated alkanes) is 2. The molecule has 0 spiro atoms. The SMILES string of the molecule is COC(OC)C(C)NCCCCCSC. The lowest BCUT2D eigenvalue weighted by Gasteiger charge is -2.22. The van der Waals surface area contributed by atoms with Gasteiger partial charge < -0.3 is 14.8 Å². The molecule has 3 nitrogen and oxygen atoms in total. The summed E-state index contributed by atoms with van der Waals surface area (Å²) in [4.78, 5) is 0. The highest BCUT2D eigenvalue weighted by Crippen LogP contribution is 2.03. The highest BCUT2D eigenvalue weighted by Gasteiger charge is 2.13. The normalized spacial score (nSPS) is 13.4. The molecular weight excluding hydrogens is 210 g/mol. The van der Waals surface area contributed by atoms with Crippen LogP contribution in [0.25, 0.3) is 0 Å². The first-order valence-electron chi connectivity index (χ1n) is 5.54. The Morgan fingerprint density at radius 1 is 1.13 bits per heavy atom. The van der Waals surface area contributed by atoms with E-state index in [4.69, 9.17) is 9.47 Å². The summed E-state index contributed by atoms with van der Waals surface area (Å²) >= 11 is 1.92. The third kappa shape index (κ3) is 8.08. The fourth-order valence-electron chi connectivity index (χ4n) is 1.48. The maximum absolute atomic E-state index is 5.17. The van der Waals surface area contributed by atoms with E-state index < -0.39 is 0 Å². The average molecular weight is 235 g/mol. The van der Waals surface area contributed by atoms with Gasteiger partial charge in [-0.25, -0.2) is 0 Å². The summed E-state index contributed by atoms with van der Waals surface area (Å²) < 4.78 is 10.3. The van der Waals surface area contributed by atoms with Crippen LogP contribution in [0.1, 0.15) is 26.2 Å². The van der Waals surface area contributed by atoms with Gasteiger partial charge in [0.15, 0.2) is 6.29 Å². The largest absolute Gasteiger partial charge is 0.354 e. The van der Waals surface area contributed by atoms with E-state index in [0.717, 1.165) is 6.54 Å². The van der Waals surface area contributed by atoms with Gasteiger partial charge in [-0.15, -0.1) is 0 Å². The summed E-state index contributed by atoms with van der Waals surface area (Å²) in [5, 5.41) is 3.40. The number of nitrogens with one attached hydrogen (secondary N) is 1. The molecule has 0 aromatic carbocycles. The van der Waals surface area contributed by atoms with Crippen molar-refractivity contribution in [1.82, 2.24) is 5.32 Å². The number of thioether (sulfide) groups is 1. The molecule has 0 saturated heterocycles. The molecule has 0 aliphatic carbocycles. The second-order valence-corrected chi connectivity index (χ2v) is 4.62. The smallest absolute Gasteiger partial charge is 0.171 e. The fraction of sp³-hybridized carbons (Fsp3) is 1.00. The van der Waals surface area contributed by atoms with Crippen molar-refractivity contribution in [3.05, 3.63) is 0 Å². The van der Waals surface area contributed by atoms with Crippen molar-refractivity contribution in [2.45, 2.75) is 38.5 Å². The number of rotatable bonds is 10. The Hall–Kier alpha value is 0.230. The van der Waals surface area contributed by atoms with Crippen LogP contribution >= 0.6 is 11.8 Å². The number of hydrogen-bond acceptors (Lipinski definition) is 4. The van der Waals surface area contributed by atoms with Gasteiger partial charge >= 0.3 is 0 Å². The average Bonchev–Trinajstić information content (AvgIpc) is 2.25. The first kappa shape index (κ1) is 15.2. The minimum atomic E-state index is -0.142. The van der Waals surface area contributed by atoms with Gasteiger partial charge in [-0.1, -0.05) is 6.42 Å². The lowest BCUT2D eigenvalue weighted by Crippen LogP contribution is -2.40. The van der Waals surface area contributed by atoms with Crippen LogP contribution in [-0.2, 0) is 9.47 Å². The van der Waals surface area contributed by atoms with Gasteiger partial charge in [0, 0.05) is 14.2 Å². The molecular formula is C11H25NO2S. The lowest BCUT2D eigenvalue weighted by atomic mass is 10.2. The molecule has 15 heavy (non-hydrogen) atoms. The Morgan fingerprint density at radius 2 is 1.80 bits per heavy atom. The van der Waals surface area contributed by atoms with Crippen LogP contribution in [0.2, 0.25) is 0 Å². The highest BCUT2D eigenvalue weighted by molar-refractivity contribution is 7.98. The predicted molar refractivity (Wildman–Crippen MR) is 67.5 cm³/mol. The van der Waals surface area contributed by atoms with Gasteiger partial charge in [0.05, 0.1) is 6.04 Å². The van der Waals surface area contributed by atoms with Crippen LogP contribution in [0.5, 0.6) is 0 Å². The third-order valence-electron chi connectivity index (χ3n) is 2.36. The minimum Gasteiger partial charge on any atom is -0.354 e. The van der Waals surface area contributed by atoms with E-state index in [1.54, 1.807) is 14.2 Å². The molecule has 0 aromatic heterocycles.